The molecule has 1 aliphatic rings. The SMILES string of the molecule is CC(C)(C)[Si](C)(C)OC[C@H]1OC=C[C@@H](O)[C@@H]1O[Si](C)(C)C(C)(C)C. The number of hydrogen-bond acceptors (Lipinski definition) is 4. The van der Waals surface area contributed by atoms with Gasteiger partial charge in [0.1, 0.15) is 18.3 Å². The monoisotopic (exact) mass is 374 g/mol. The minimum Gasteiger partial charge on any atom is -0.493 e. The average Bonchev–Trinajstić information content (AvgIpc) is 2.36. The predicted octanol–water partition coefficient (Wildman–Crippen LogP) is 4.67. The second-order valence-corrected chi connectivity index (χ2v) is 19.5. The van der Waals surface area contributed by atoms with Crippen LogP contribution in [-0.4, -0.2) is 46.7 Å². The van der Waals surface area contributed by atoms with Crippen LogP contribution in [-0.2, 0) is 13.6 Å². The van der Waals surface area contributed by atoms with E-state index in [1.54, 1.807) is 12.3 Å². The molecule has 1 heterocycles. The Bertz CT molecular complexity index is 447. The molecule has 0 saturated carbocycles. The molecule has 24 heavy (non-hydrogen) atoms. The second kappa shape index (κ2) is 7.23. The maximum Gasteiger partial charge on any atom is 0.192 e. The lowest BCUT2D eigenvalue weighted by Gasteiger charge is -2.44. The van der Waals surface area contributed by atoms with Crippen molar-refractivity contribution in [2.24, 2.45) is 0 Å². The molecule has 0 unspecified atom stereocenters. The van der Waals surface area contributed by atoms with Crippen LogP contribution in [0.15, 0.2) is 12.3 Å². The Hall–Kier alpha value is -0.146. The molecule has 1 N–H and O–H groups in total. The fraction of sp³-hybridized carbons (Fsp3) is 0.889. The van der Waals surface area contributed by atoms with Crippen LogP contribution >= 0.6 is 0 Å². The number of ether oxygens (including phenoxy) is 1. The summed E-state index contributed by atoms with van der Waals surface area (Å²) in [4.78, 5) is 0. The molecule has 3 atom stereocenters. The fourth-order valence-electron chi connectivity index (χ4n) is 1.94. The lowest BCUT2D eigenvalue weighted by molar-refractivity contribution is -0.0719. The zero-order valence-electron chi connectivity index (χ0n) is 17.3. The molecule has 0 bridgehead atoms. The van der Waals surface area contributed by atoms with Gasteiger partial charge in [0.2, 0.25) is 0 Å². The Morgan fingerprint density at radius 1 is 0.958 bits per heavy atom. The van der Waals surface area contributed by atoms with E-state index in [1.165, 1.54) is 0 Å². The number of rotatable bonds is 5. The third kappa shape index (κ3) is 5.18. The van der Waals surface area contributed by atoms with Crippen molar-refractivity contribution in [3.8, 4) is 0 Å². The summed E-state index contributed by atoms with van der Waals surface area (Å²) >= 11 is 0. The van der Waals surface area contributed by atoms with Gasteiger partial charge in [-0.15, -0.1) is 0 Å². The van der Waals surface area contributed by atoms with Gasteiger partial charge >= 0.3 is 0 Å². The van der Waals surface area contributed by atoms with Crippen LogP contribution in [0.1, 0.15) is 41.5 Å². The molecule has 0 saturated heterocycles. The zero-order chi connectivity index (χ0) is 19.0. The van der Waals surface area contributed by atoms with E-state index in [0.29, 0.717) is 6.61 Å². The maximum atomic E-state index is 10.4. The highest BCUT2D eigenvalue weighted by Gasteiger charge is 2.45. The van der Waals surface area contributed by atoms with Gasteiger partial charge in [0.25, 0.3) is 0 Å². The molecule has 0 spiro atoms. The van der Waals surface area contributed by atoms with Gasteiger partial charge in [0.15, 0.2) is 16.6 Å². The van der Waals surface area contributed by atoms with Gasteiger partial charge in [-0.3, -0.25) is 0 Å². The van der Waals surface area contributed by atoms with Crippen LogP contribution in [0.25, 0.3) is 0 Å². The Morgan fingerprint density at radius 3 is 1.92 bits per heavy atom. The minimum atomic E-state index is -2.01. The molecule has 0 fully saturated rings. The molecule has 0 aromatic carbocycles. The van der Waals surface area contributed by atoms with Gasteiger partial charge in [-0.2, -0.15) is 0 Å². The van der Waals surface area contributed by atoms with Crippen molar-refractivity contribution >= 4 is 16.6 Å². The molecule has 6 heteroatoms. The van der Waals surface area contributed by atoms with Crippen molar-refractivity contribution in [1.82, 2.24) is 0 Å². The summed E-state index contributed by atoms with van der Waals surface area (Å²) in [5.74, 6) is 0. The molecule has 142 valence electrons. The molecule has 0 aromatic rings. The number of hydrogen-bond donors (Lipinski definition) is 1. The topological polar surface area (TPSA) is 47.9 Å². The van der Waals surface area contributed by atoms with E-state index in [-0.39, 0.29) is 22.3 Å². The van der Waals surface area contributed by atoms with Crippen molar-refractivity contribution in [3.05, 3.63) is 12.3 Å². The molecular formula is C18H38O4Si2. The zero-order valence-corrected chi connectivity index (χ0v) is 19.3. The summed E-state index contributed by atoms with van der Waals surface area (Å²) in [5, 5.41) is 10.7. The van der Waals surface area contributed by atoms with E-state index < -0.39 is 22.7 Å². The third-order valence-corrected chi connectivity index (χ3v) is 14.9. The van der Waals surface area contributed by atoms with Crippen LogP contribution in [0.2, 0.25) is 36.3 Å². The van der Waals surface area contributed by atoms with Crippen LogP contribution in [0.3, 0.4) is 0 Å². The lowest BCUT2D eigenvalue weighted by atomic mass is 10.1. The predicted molar refractivity (Wildman–Crippen MR) is 105 cm³/mol. The summed E-state index contributed by atoms with van der Waals surface area (Å²) < 4.78 is 18.6. The average molecular weight is 375 g/mol. The second-order valence-electron chi connectivity index (χ2n) is 9.91. The van der Waals surface area contributed by atoms with Gasteiger partial charge < -0.3 is 18.7 Å². The fourth-order valence-corrected chi connectivity index (χ4v) is 4.28. The van der Waals surface area contributed by atoms with Crippen molar-refractivity contribution in [2.75, 3.05) is 6.61 Å². The van der Waals surface area contributed by atoms with Crippen LogP contribution in [0.4, 0.5) is 0 Å². The van der Waals surface area contributed by atoms with Gasteiger partial charge in [0, 0.05) is 0 Å². The highest BCUT2D eigenvalue weighted by molar-refractivity contribution is 6.74. The van der Waals surface area contributed by atoms with Gasteiger partial charge in [0.05, 0.1) is 12.9 Å². The first-order valence-corrected chi connectivity index (χ1v) is 14.7. The summed E-state index contributed by atoms with van der Waals surface area (Å²) in [6.45, 7) is 22.6. The first kappa shape index (κ1) is 21.9. The molecule has 0 radical (unpaired) electrons. The molecule has 0 amide bonds. The molecule has 1 rings (SSSR count). The standard InChI is InChI=1S/C18H38O4Si2/c1-17(2,3)23(7,8)21-13-15-16(14(19)11-12-20-15)22-24(9,10)18(4,5)6/h11-12,14-16,19H,13H2,1-10H3/t14-,15-,16+/m1/s1. The van der Waals surface area contributed by atoms with Crippen LogP contribution in [0.5, 0.6) is 0 Å². The smallest absolute Gasteiger partial charge is 0.192 e. The summed E-state index contributed by atoms with van der Waals surface area (Å²) in [6, 6.07) is 0. The van der Waals surface area contributed by atoms with Gasteiger partial charge in [-0.1, -0.05) is 41.5 Å². The number of aliphatic hydroxyl groups is 1. The molecule has 1 aliphatic heterocycles. The summed E-state index contributed by atoms with van der Waals surface area (Å²) in [6.07, 6.45) is 1.95. The minimum absolute atomic E-state index is 0.0821. The highest BCUT2D eigenvalue weighted by atomic mass is 28.4. The molecule has 0 aromatic heterocycles. The van der Waals surface area contributed by atoms with E-state index in [2.05, 4.69) is 67.7 Å². The van der Waals surface area contributed by atoms with Gasteiger partial charge in [-0.05, 0) is 42.3 Å². The highest BCUT2D eigenvalue weighted by Crippen LogP contribution is 2.40. The van der Waals surface area contributed by atoms with E-state index >= 15 is 0 Å². The van der Waals surface area contributed by atoms with Crippen molar-refractivity contribution in [1.29, 1.82) is 0 Å². The molecule has 4 nitrogen and oxygen atoms in total. The van der Waals surface area contributed by atoms with E-state index in [1.807, 2.05) is 0 Å². The van der Waals surface area contributed by atoms with Gasteiger partial charge in [-0.25, -0.2) is 0 Å². The van der Waals surface area contributed by atoms with Crippen LogP contribution < -0.4 is 0 Å². The Kier molecular flexibility index (Phi) is 6.60. The van der Waals surface area contributed by atoms with Crippen molar-refractivity contribution in [2.45, 2.75) is 96.1 Å². The third-order valence-electron chi connectivity index (χ3n) is 5.88. The van der Waals surface area contributed by atoms with Crippen molar-refractivity contribution in [3.63, 3.8) is 0 Å². The van der Waals surface area contributed by atoms with Crippen molar-refractivity contribution < 1.29 is 18.7 Å². The Balaban J connectivity index is 2.87. The molecular weight excluding hydrogens is 336 g/mol. The summed E-state index contributed by atoms with van der Waals surface area (Å²) in [7, 11) is -3.87. The Morgan fingerprint density at radius 2 is 1.46 bits per heavy atom. The first-order valence-electron chi connectivity index (χ1n) is 8.90. The van der Waals surface area contributed by atoms with E-state index in [9.17, 15) is 5.11 Å². The van der Waals surface area contributed by atoms with E-state index in [4.69, 9.17) is 13.6 Å². The first-order chi connectivity index (χ1) is 10.6. The lowest BCUT2D eigenvalue weighted by Crippen LogP contribution is -2.54. The van der Waals surface area contributed by atoms with E-state index in [0.717, 1.165) is 0 Å². The van der Waals surface area contributed by atoms with Crippen LogP contribution in [0, 0.1) is 0 Å². The quantitative estimate of drug-likeness (QED) is 0.710. The number of aliphatic hydroxyl groups excluding tert-OH is 1. The summed E-state index contributed by atoms with van der Waals surface area (Å²) in [5.41, 5.74) is 0. The Labute approximate surface area is 150 Å². The largest absolute Gasteiger partial charge is 0.493 e. The normalized spacial score (nSPS) is 26.4. The molecule has 0 aliphatic carbocycles. The maximum absolute atomic E-state index is 10.4.